The van der Waals surface area contributed by atoms with E-state index in [1.807, 2.05) is 22.6 Å². The molecular weight excluding hydrogens is 443 g/mol. The highest BCUT2D eigenvalue weighted by molar-refractivity contribution is 14.1. The predicted molar refractivity (Wildman–Crippen MR) is 97.5 cm³/mol. The molecule has 0 aliphatic carbocycles. The number of ether oxygens (including phenoxy) is 2. The van der Waals surface area contributed by atoms with Crippen molar-refractivity contribution in [1.29, 1.82) is 0 Å². The molecule has 1 aromatic heterocycles. The van der Waals surface area contributed by atoms with Crippen LogP contribution in [0, 0.1) is 22.1 Å². The van der Waals surface area contributed by atoms with E-state index in [4.69, 9.17) is 9.47 Å². The van der Waals surface area contributed by atoms with E-state index in [-0.39, 0.29) is 17.7 Å². The van der Waals surface area contributed by atoms with Gasteiger partial charge in [-0.3, -0.25) is 4.98 Å². The van der Waals surface area contributed by atoms with Crippen LogP contribution >= 0.6 is 22.6 Å². The van der Waals surface area contributed by atoms with Crippen molar-refractivity contribution in [1.82, 2.24) is 4.98 Å². The molecule has 0 saturated carbocycles. The Bertz CT molecular complexity index is 780. The smallest absolute Gasteiger partial charge is 0.338 e. The summed E-state index contributed by atoms with van der Waals surface area (Å²) in [6, 6.07) is 3.60. The van der Waals surface area contributed by atoms with Crippen LogP contribution in [0.15, 0.2) is 24.4 Å². The number of aryl methyl sites for hydroxylation is 1. The summed E-state index contributed by atoms with van der Waals surface area (Å²) in [6.45, 7) is 6.53. The van der Waals surface area contributed by atoms with Gasteiger partial charge in [-0.1, -0.05) is 0 Å². The Morgan fingerprint density at radius 3 is 2.36 bits per heavy atom. The number of pyridine rings is 1. The zero-order valence-electron chi connectivity index (χ0n) is 14.3. The first-order valence-electron chi connectivity index (χ1n) is 7.53. The largest absolute Gasteiger partial charge is 0.487 e. The van der Waals surface area contributed by atoms with Gasteiger partial charge in [0.15, 0.2) is 0 Å². The van der Waals surface area contributed by atoms with Crippen molar-refractivity contribution < 1.29 is 23.0 Å². The number of esters is 1. The van der Waals surface area contributed by atoms with E-state index < -0.39 is 23.2 Å². The van der Waals surface area contributed by atoms with Gasteiger partial charge < -0.3 is 9.47 Å². The number of hydrogen-bond acceptors (Lipinski definition) is 4. The lowest BCUT2D eigenvalue weighted by Gasteiger charge is -2.19. The van der Waals surface area contributed by atoms with E-state index in [1.54, 1.807) is 40.0 Å². The SMILES string of the molecule is Cc1cc(OCc2c(F)cc(C(=O)OC(C)(C)C)cc2F)c(I)cn1. The summed E-state index contributed by atoms with van der Waals surface area (Å²) in [5.41, 5.74) is -0.445. The van der Waals surface area contributed by atoms with E-state index in [0.717, 1.165) is 21.4 Å². The minimum atomic E-state index is -0.860. The molecule has 2 rings (SSSR count). The number of rotatable bonds is 4. The topological polar surface area (TPSA) is 48.4 Å². The molecule has 134 valence electrons. The summed E-state index contributed by atoms with van der Waals surface area (Å²) in [4.78, 5) is 16.0. The molecule has 0 atom stereocenters. The molecule has 2 aromatic rings. The Labute approximate surface area is 158 Å². The van der Waals surface area contributed by atoms with Gasteiger partial charge in [0.2, 0.25) is 0 Å². The monoisotopic (exact) mass is 461 g/mol. The van der Waals surface area contributed by atoms with Crippen LogP contribution in [0.4, 0.5) is 8.78 Å². The molecule has 0 N–H and O–H groups in total. The highest BCUT2D eigenvalue weighted by Crippen LogP contribution is 2.24. The van der Waals surface area contributed by atoms with Gasteiger partial charge in [0, 0.05) is 18.0 Å². The van der Waals surface area contributed by atoms with Crippen LogP contribution in [0.5, 0.6) is 5.75 Å². The lowest BCUT2D eigenvalue weighted by molar-refractivity contribution is 0.00683. The minimum absolute atomic E-state index is 0.178. The van der Waals surface area contributed by atoms with Crippen molar-refractivity contribution in [2.75, 3.05) is 0 Å². The molecule has 25 heavy (non-hydrogen) atoms. The molecule has 0 aliphatic rings. The van der Waals surface area contributed by atoms with Gasteiger partial charge in [0.25, 0.3) is 0 Å². The van der Waals surface area contributed by atoms with Crippen LogP contribution in [0.1, 0.15) is 42.4 Å². The van der Waals surface area contributed by atoms with Crippen LogP contribution in [-0.4, -0.2) is 16.6 Å². The Hall–Kier alpha value is -1.77. The number of benzene rings is 1. The fraction of sp³-hybridized carbons (Fsp3) is 0.333. The maximum Gasteiger partial charge on any atom is 0.338 e. The Morgan fingerprint density at radius 1 is 1.20 bits per heavy atom. The van der Waals surface area contributed by atoms with Crippen molar-refractivity contribution in [3.8, 4) is 5.75 Å². The van der Waals surface area contributed by atoms with Gasteiger partial charge in [0.05, 0.1) is 14.7 Å². The zero-order valence-corrected chi connectivity index (χ0v) is 16.5. The molecule has 0 unspecified atom stereocenters. The minimum Gasteiger partial charge on any atom is -0.487 e. The normalized spacial score (nSPS) is 11.3. The van der Waals surface area contributed by atoms with Gasteiger partial charge in [-0.05, 0) is 62.4 Å². The molecule has 7 heteroatoms. The second kappa shape index (κ2) is 7.63. The summed E-state index contributed by atoms with van der Waals surface area (Å²) in [7, 11) is 0. The van der Waals surface area contributed by atoms with E-state index in [9.17, 15) is 13.6 Å². The lowest BCUT2D eigenvalue weighted by atomic mass is 10.1. The second-order valence-corrected chi connectivity index (χ2v) is 7.63. The standard InChI is InChI=1S/C18H18F2INO3/c1-10-5-16(15(21)8-22-10)24-9-12-13(19)6-11(7-14(12)20)17(23)25-18(2,3)4/h5-8H,9H2,1-4H3. The molecule has 0 fully saturated rings. The number of aromatic nitrogens is 1. The van der Waals surface area contributed by atoms with Crippen molar-refractivity contribution in [3.63, 3.8) is 0 Å². The number of hydrogen-bond donors (Lipinski definition) is 0. The van der Waals surface area contributed by atoms with Crippen LogP contribution in [0.3, 0.4) is 0 Å². The summed E-state index contributed by atoms with van der Waals surface area (Å²) < 4.78 is 39.8. The third-order valence-corrected chi connectivity index (χ3v) is 3.91. The quantitative estimate of drug-likeness (QED) is 0.485. The van der Waals surface area contributed by atoms with Crippen LogP contribution in [-0.2, 0) is 11.3 Å². The van der Waals surface area contributed by atoms with E-state index >= 15 is 0 Å². The van der Waals surface area contributed by atoms with Gasteiger partial charge in [-0.15, -0.1) is 0 Å². The van der Waals surface area contributed by atoms with Crippen molar-refractivity contribution in [3.05, 3.63) is 56.4 Å². The fourth-order valence-corrected chi connectivity index (χ4v) is 2.43. The second-order valence-electron chi connectivity index (χ2n) is 6.47. The summed E-state index contributed by atoms with van der Waals surface area (Å²) in [6.07, 6.45) is 1.61. The number of halogens is 3. The average molecular weight is 461 g/mol. The molecular formula is C18H18F2INO3. The highest BCUT2D eigenvalue weighted by atomic mass is 127. The molecule has 0 spiro atoms. The van der Waals surface area contributed by atoms with Gasteiger partial charge in [-0.2, -0.15) is 0 Å². The van der Waals surface area contributed by atoms with E-state index in [2.05, 4.69) is 4.98 Å². The molecule has 1 aromatic carbocycles. The average Bonchev–Trinajstić information content (AvgIpc) is 2.47. The Morgan fingerprint density at radius 2 is 1.80 bits per heavy atom. The molecule has 4 nitrogen and oxygen atoms in total. The van der Waals surface area contributed by atoms with E-state index in [1.165, 1.54) is 0 Å². The lowest BCUT2D eigenvalue weighted by Crippen LogP contribution is -2.24. The summed E-state index contributed by atoms with van der Waals surface area (Å²) in [5.74, 6) is -2.01. The first kappa shape index (κ1) is 19.6. The fourth-order valence-electron chi connectivity index (χ4n) is 1.97. The maximum atomic E-state index is 14.2. The molecule has 0 saturated heterocycles. The first-order chi connectivity index (χ1) is 11.6. The van der Waals surface area contributed by atoms with Crippen LogP contribution in [0.25, 0.3) is 0 Å². The Balaban J connectivity index is 2.20. The number of carbonyl (C=O) groups is 1. The first-order valence-corrected chi connectivity index (χ1v) is 8.61. The van der Waals surface area contributed by atoms with E-state index in [0.29, 0.717) is 5.75 Å². The molecule has 0 amide bonds. The van der Waals surface area contributed by atoms with Gasteiger partial charge in [-0.25, -0.2) is 13.6 Å². The third-order valence-electron chi connectivity index (χ3n) is 3.10. The number of nitrogens with zero attached hydrogens (tertiary/aromatic N) is 1. The van der Waals surface area contributed by atoms with Gasteiger partial charge in [0.1, 0.15) is 29.6 Å². The summed E-state index contributed by atoms with van der Waals surface area (Å²) in [5, 5.41) is 0. The van der Waals surface area contributed by atoms with Crippen molar-refractivity contribution in [2.24, 2.45) is 0 Å². The van der Waals surface area contributed by atoms with Crippen molar-refractivity contribution >= 4 is 28.6 Å². The van der Waals surface area contributed by atoms with Crippen LogP contribution < -0.4 is 4.74 Å². The molecule has 0 bridgehead atoms. The summed E-state index contributed by atoms with van der Waals surface area (Å²) >= 11 is 2.03. The number of carbonyl (C=O) groups excluding carboxylic acids is 1. The Kier molecular flexibility index (Phi) is 5.97. The molecule has 0 aliphatic heterocycles. The third kappa shape index (κ3) is 5.35. The van der Waals surface area contributed by atoms with Crippen molar-refractivity contribution in [2.45, 2.75) is 39.9 Å². The zero-order chi connectivity index (χ0) is 18.8. The predicted octanol–water partition coefficient (Wildman–Crippen LogP) is 4.81. The van der Waals surface area contributed by atoms with Gasteiger partial charge >= 0.3 is 5.97 Å². The molecule has 0 radical (unpaired) electrons. The molecule has 1 heterocycles. The van der Waals surface area contributed by atoms with Crippen LogP contribution in [0.2, 0.25) is 0 Å². The maximum absolute atomic E-state index is 14.2. The highest BCUT2D eigenvalue weighted by Gasteiger charge is 2.21.